The van der Waals surface area contributed by atoms with E-state index in [9.17, 15) is 0 Å². The van der Waals surface area contributed by atoms with E-state index in [1.165, 1.54) is 24.1 Å². The summed E-state index contributed by atoms with van der Waals surface area (Å²) in [5.41, 5.74) is 0.997. The van der Waals surface area contributed by atoms with Crippen molar-refractivity contribution >= 4 is 11.3 Å². The molecule has 104 valence electrons. The monoisotopic (exact) mass is 279 g/mol. The number of hydrogen-bond donors (Lipinski definition) is 1. The van der Waals surface area contributed by atoms with E-state index in [4.69, 9.17) is 9.84 Å². The lowest BCUT2D eigenvalue weighted by atomic mass is 10.1. The summed E-state index contributed by atoms with van der Waals surface area (Å²) in [6, 6.07) is 2.10. The molecule has 1 N–H and O–H groups in total. The Bertz CT molecular complexity index is 440. The molecule has 1 fully saturated rings. The molecule has 1 aromatic heterocycles. The number of rotatable bonds is 4. The molecule has 4 heteroatoms. The van der Waals surface area contributed by atoms with Gasteiger partial charge in [0.15, 0.2) is 0 Å². The topological polar surface area (TPSA) is 32.7 Å². The van der Waals surface area contributed by atoms with Crippen molar-refractivity contribution < 1.29 is 9.84 Å². The van der Waals surface area contributed by atoms with Crippen LogP contribution in [0.5, 0.6) is 0 Å². The number of ether oxygens (including phenoxy) is 1. The first-order chi connectivity index (χ1) is 9.28. The maximum Gasteiger partial charge on any atom is 0.104 e. The highest BCUT2D eigenvalue weighted by atomic mass is 32.1. The van der Waals surface area contributed by atoms with E-state index in [1.807, 2.05) is 5.38 Å². The summed E-state index contributed by atoms with van der Waals surface area (Å²) in [5, 5.41) is 10.7. The van der Waals surface area contributed by atoms with Crippen molar-refractivity contribution in [3.63, 3.8) is 0 Å². The first kappa shape index (κ1) is 14.5. The SMILES string of the molecule is CN(Cc1cc(C#CCO)cs1)CC1CCCCO1. The van der Waals surface area contributed by atoms with E-state index < -0.39 is 0 Å². The third-order valence-corrected chi connectivity index (χ3v) is 4.10. The van der Waals surface area contributed by atoms with Crippen LogP contribution in [-0.2, 0) is 11.3 Å². The van der Waals surface area contributed by atoms with Gasteiger partial charge in [0.1, 0.15) is 6.61 Å². The summed E-state index contributed by atoms with van der Waals surface area (Å²) in [5.74, 6) is 5.61. The number of nitrogens with zero attached hydrogens (tertiary/aromatic N) is 1. The molecule has 1 saturated heterocycles. The number of thiophene rings is 1. The molecule has 0 amide bonds. The molecule has 3 nitrogen and oxygen atoms in total. The van der Waals surface area contributed by atoms with Crippen LogP contribution < -0.4 is 0 Å². The Balaban J connectivity index is 1.80. The maximum absolute atomic E-state index is 8.67. The summed E-state index contributed by atoms with van der Waals surface area (Å²) in [6.45, 7) is 2.77. The largest absolute Gasteiger partial charge is 0.384 e. The fourth-order valence-corrected chi connectivity index (χ4v) is 3.20. The van der Waals surface area contributed by atoms with Crippen molar-refractivity contribution in [3.8, 4) is 11.8 Å². The third kappa shape index (κ3) is 4.96. The van der Waals surface area contributed by atoms with Crippen LogP contribution >= 0.6 is 11.3 Å². The van der Waals surface area contributed by atoms with Crippen LogP contribution in [0.4, 0.5) is 0 Å². The van der Waals surface area contributed by atoms with Crippen LogP contribution in [-0.4, -0.2) is 42.9 Å². The molecular weight excluding hydrogens is 258 g/mol. The molecule has 2 rings (SSSR count). The van der Waals surface area contributed by atoms with Crippen molar-refractivity contribution in [2.45, 2.75) is 31.9 Å². The average molecular weight is 279 g/mol. The minimum absolute atomic E-state index is 0.0793. The fraction of sp³-hybridized carbons (Fsp3) is 0.600. The Morgan fingerprint density at radius 2 is 2.42 bits per heavy atom. The van der Waals surface area contributed by atoms with Gasteiger partial charge in [-0.25, -0.2) is 0 Å². The Morgan fingerprint density at radius 1 is 1.53 bits per heavy atom. The second-order valence-electron chi connectivity index (χ2n) is 4.95. The minimum atomic E-state index is -0.0793. The van der Waals surface area contributed by atoms with Gasteiger partial charge < -0.3 is 9.84 Å². The predicted octanol–water partition coefficient (Wildman–Crippen LogP) is 2.09. The van der Waals surface area contributed by atoms with Crippen LogP contribution in [0.25, 0.3) is 0 Å². The average Bonchev–Trinajstić information content (AvgIpc) is 2.85. The van der Waals surface area contributed by atoms with Crippen LogP contribution in [0.3, 0.4) is 0 Å². The summed E-state index contributed by atoms with van der Waals surface area (Å²) >= 11 is 1.72. The second-order valence-corrected chi connectivity index (χ2v) is 5.94. The van der Waals surface area contributed by atoms with Crippen molar-refractivity contribution in [2.24, 2.45) is 0 Å². The lowest BCUT2D eigenvalue weighted by Gasteiger charge is -2.27. The van der Waals surface area contributed by atoms with E-state index in [0.717, 1.165) is 25.3 Å². The van der Waals surface area contributed by atoms with Gasteiger partial charge >= 0.3 is 0 Å². The first-order valence-corrected chi connectivity index (χ1v) is 7.63. The van der Waals surface area contributed by atoms with Crippen molar-refractivity contribution in [1.29, 1.82) is 0 Å². The smallest absolute Gasteiger partial charge is 0.104 e. The summed E-state index contributed by atoms with van der Waals surface area (Å²) in [4.78, 5) is 3.62. The highest BCUT2D eigenvalue weighted by Gasteiger charge is 2.16. The van der Waals surface area contributed by atoms with E-state index in [1.54, 1.807) is 11.3 Å². The number of aliphatic hydroxyl groups is 1. The molecule has 0 aliphatic carbocycles. The van der Waals surface area contributed by atoms with Crippen LogP contribution in [0.1, 0.15) is 29.7 Å². The molecule has 0 bridgehead atoms. The lowest BCUT2D eigenvalue weighted by molar-refractivity contribution is -0.00245. The van der Waals surface area contributed by atoms with E-state index >= 15 is 0 Å². The molecule has 1 aliphatic heterocycles. The molecule has 1 unspecified atom stereocenters. The normalized spacial score (nSPS) is 19.2. The standard InChI is InChI=1S/C15H21NO2S/c1-16(10-14-6-2-3-8-18-14)11-15-9-13(12-19-15)5-4-7-17/h9,12,14,17H,2-3,6-8,10-11H2,1H3. The second kappa shape index (κ2) is 7.66. The number of aliphatic hydroxyl groups excluding tert-OH is 1. The molecular formula is C15H21NO2S. The van der Waals surface area contributed by atoms with Gasteiger partial charge in [0.2, 0.25) is 0 Å². The third-order valence-electron chi connectivity index (χ3n) is 3.18. The maximum atomic E-state index is 8.67. The molecule has 0 aromatic carbocycles. The van der Waals surface area contributed by atoms with E-state index in [0.29, 0.717) is 6.10 Å². The summed E-state index contributed by atoms with van der Waals surface area (Å²) < 4.78 is 5.76. The molecule has 1 atom stereocenters. The highest BCUT2D eigenvalue weighted by Crippen LogP contribution is 2.18. The van der Waals surface area contributed by atoms with Gasteiger partial charge in [-0.1, -0.05) is 11.8 Å². The van der Waals surface area contributed by atoms with Gasteiger partial charge in [0.25, 0.3) is 0 Å². The molecule has 19 heavy (non-hydrogen) atoms. The van der Waals surface area contributed by atoms with Gasteiger partial charge in [0, 0.05) is 35.5 Å². The van der Waals surface area contributed by atoms with Gasteiger partial charge in [-0.05, 0) is 32.4 Å². The van der Waals surface area contributed by atoms with E-state index in [2.05, 4.69) is 29.9 Å². The van der Waals surface area contributed by atoms with Crippen molar-refractivity contribution in [3.05, 3.63) is 21.9 Å². The molecule has 0 saturated carbocycles. The van der Waals surface area contributed by atoms with Crippen LogP contribution in [0.15, 0.2) is 11.4 Å². The van der Waals surface area contributed by atoms with Gasteiger partial charge in [-0.3, -0.25) is 4.90 Å². The molecule has 0 radical (unpaired) electrons. The van der Waals surface area contributed by atoms with Gasteiger partial charge in [0.05, 0.1) is 6.10 Å². The van der Waals surface area contributed by atoms with Gasteiger partial charge in [-0.2, -0.15) is 0 Å². The summed E-state index contributed by atoms with van der Waals surface area (Å²) in [6.07, 6.45) is 4.07. The van der Waals surface area contributed by atoms with Gasteiger partial charge in [-0.15, -0.1) is 11.3 Å². The minimum Gasteiger partial charge on any atom is -0.384 e. The predicted molar refractivity (Wildman–Crippen MR) is 78.2 cm³/mol. The molecule has 0 spiro atoms. The number of hydrogen-bond acceptors (Lipinski definition) is 4. The lowest BCUT2D eigenvalue weighted by Crippen LogP contribution is -2.32. The molecule has 2 heterocycles. The van der Waals surface area contributed by atoms with Crippen LogP contribution in [0, 0.1) is 11.8 Å². The van der Waals surface area contributed by atoms with Crippen LogP contribution in [0.2, 0.25) is 0 Å². The zero-order chi connectivity index (χ0) is 13.5. The zero-order valence-electron chi connectivity index (χ0n) is 11.4. The molecule has 1 aromatic rings. The first-order valence-electron chi connectivity index (χ1n) is 6.75. The number of likely N-dealkylation sites (N-methyl/N-ethyl adjacent to an activating group) is 1. The Hall–Kier alpha value is -0.860. The fourth-order valence-electron chi connectivity index (χ4n) is 2.30. The molecule has 1 aliphatic rings. The summed E-state index contributed by atoms with van der Waals surface area (Å²) in [7, 11) is 2.14. The van der Waals surface area contributed by atoms with E-state index in [-0.39, 0.29) is 6.61 Å². The zero-order valence-corrected chi connectivity index (χ0v) is 12.2. The van der Waals surface area contributed by atoms with Crippen molar-refractivity contribution in [1.82, 2.24) is 4.90 Å². The Labute approximate surface area is 119 Å². The quantitative estimate of drug-likeness (QED) is 0.857. The Kier molecular flexibility index (Phi) is 5.87. The van der Waals surface area contributed by atoms with Crippen molar-refractivity contribution in [2.75, 3.05) is 26.8 Å². The Morgan fingerprint density at radius 3 is 3.16 bits per heavy atom. The highest BCUT2D eigenvalue weighted by molar-refractivity contribution is 7.10.